The lowest BCUT2D eigenvalue weighted by Crippen LogP contribution is -2.45. The molecule has 0 radical (unpaired) electrons. The molecule has 2 aromatic rings. The first-order valence-electron chi connectivity index (χ1n) is 9.65. The van der Waals surface area contributed by atoms with Gasteiger partial charge >= 0.3 is 0 Å². The molecule has 0 spiro atoms. The molecule has 0 unspecified atom stereocenters. The molecule has 2 N–H and O–H groups in total. The highest BCUT2D eigenvalue weighted by molar-refractivity contribution is 7.90. The van der Waals surface area contributed by atoms with Gasteiger partial charge in [0.15, 0.2) is 0 Å². The largest absolute Gasteiger partial charge is 0.341 e. The predicted molar refractivity (Wildman–Crippen MR) is 108 cm³/mol. The standard InChI is InChI=1S/C21H23N3O4S/c22-13-16-5-1-2-6-17(16)15-9-11-23(12-10-15)20(25)14-24-21(26)18-7-3-4-8-19(18)29(24,27)28/h1-8,15H,9-14,22H2. The minimum Gasteiger partial charge on any atom is -0.341 e. The highest BCUT2D eigenvalue weighted by Gasteiger charge is 2.42. The van der Waals surface area contributed by atoms with Crippen LogP contribution in [0.15, 0.2) is 53.4 Å². The second kappa shape index (κ2) is 7.61. The molecule has 1 fully saturated rings. The van der Waals surface area contributed by atoms with Crippen LogP contribution in [0.25, 0.3) is 0 Å². The monoisotopic (exact) mass is 413 g/mol. The lowest BCUT2D eigenvalue weighted by atomic mass is 9.86. The Balaban J connectivity index is 1.43. The molecule has 4 rings (SSSR count). The van der Waals surface area contributed by atoms with Gasteiger partial charge in [-0.2, -0.15) is 0 Å². The molecule has 2 heterocycles. The van der Waals surface area contributed by atoms with Crippen molar-refractivity contribution in [1.29, 1.82) is 0 Å². The van der Waals surface area contributed by atoms with E-state index >= 15 is 0 Å². The minimum absolute atomic E-state index is 0.0325. The molecule has 0 atom stereocenters. The average molecular weight is 413 g/mol. The van der Waals surface area contributed by atoms with E-state index in [1.165, 1.54) is 17.7 Å². The number of carbonyl (C=O) groups excluding carboxylic acids is 2. The fraction of sp³-hybridized carbons (Fsp3) is 0.333. The van der Waals surface area contributed by atoms with Gasteiger partial charge in [-0.05, 0) is 42.0 Å². The maximum atomic E-state index is 12.8. The van der Waals surface area contributed by atoms with Crippen LogP contribution in [0.1, 0.15) is 40.2 Å². The highest BCUT2D eigenvalue weighted by atomic mass is 32.2. The minimum atomic E-state index is -3.97. The summed E-state index contributed by atoms with van der Waals surface area (Å²) in [5, 5.41) is 0. The first-order valence-corrected chi connectivity index (χ1v) is 11.1. The van der Waals surface area contributed by atoms with E-state index in [-0.39, 0.29) is 16.4 Å². The molecule has 152 valence electrons. The van der Waals surface area contributed by atoms with E-state index in [2.05, 4.69) is 6.07 Å². The molecule has 0 saturated carbocycles. The Labute approximate surface area is 170 Å². The summed E-state index contributed by atoms with van der Waals surface area (Å²) < 4.78 is 26.0. The Morgan fingerprint density at radius 3 is 2.38 bits per heavy atom. The van der Waals surface area contributed by atoms with Crippen molar-refractivity contribution >= 4 is 21.8 Å². The summed E-state index contributed by atoms with van der Waals surface area (Å²) in [6, 6.07) is 14.1. The first kappa shape index (κ1) is 19.6. The zero-order chi connectivity index (χ0) is 20.6. The van der Waals surface area contributed by atoms with Crippen LogP contribution in [0.5, 0.6) is 0 Å². The van der Waals surface area contributed by atoms with Crippen LogP contribution in [0.4, 0.5) is 0 Å². The zero-order valence-corrected chi connectivity index (χ0v) is 16.8. The number of benzene rings is 2. The molecule has 0 aromatic heterocycles. The van der Waals surface area contributed by atoms with Crippen molar-refractivity contribution in [3.05, 3.63) is 65.2 Å². The summed E-state index contributed by atoms with van der Waals surface area (Å²) in [6.07, 6.45) is 1.56. The van der Waals surface area contributed by atoms with Gasteiger partial charge in [-0.15, -0.1) is 0 Å². The van der Waals surface area contributed by atoms with Crippen molar-refractivity contribution in [3.8, 4) is 0 Å². The first-order chi connectivity index (χ1) is 13.9. The summed E-state index contributed by atoms with van der Waals surface area (Å²) in [5.41, 5.74) is 8.29. The van der Waals surface area contributed by atoms with Gasteiger partial charge in [0, 0.05) is 19.6 Å². The Morgan fingerprint density at radius 2 is 1.69 bits per heavy atom. The molecule has 1 saturated heterocycles. The average Bonchev–Trinajstić information content (AvgIpc) is 2.94. The van der Waals surface area contributed by atoms with Gasteiger partial charge in [0.05, 0.1) is 5.56 Å². The van der Waals surface area contributed by atoms with Crippen LogP contribution in [-0.4, -0.2) is 49.1 Å². The lowest BCUT2D eigenvalue weighted by molar-refractivity contribution is -0.132. The van der Waals surface area contributed by atoms with E-state index in [1.54, 1.807) is 17.0 Å². The smallest absolute Gasteiger partial charge is 0.269 e. The highest BCUT2D eigenvalue weighted by Crippen LogP contribution is 2.32. The number of nitrogens with two attached hydrogens (primary N) is 1. The Kier molecular flexibility index (Phi) is 5.14. The van der Waals surface area contributed by atoms with Crippen LogP contribution in [-0.2, 0) is 21.4 Å². The van der Waals surface area contributed by atoms with E-state index < -0.39 is 22.5 Å². The zero-order valence-electron chi connectivity index (χ0n) is 16.0. The number of fused-ring (bicyclic) bond motifs is 1. The number of hydrogen-bond donors (Lipinski definition) is 1. The lowest BCUT2D eigenvalue weighted by Gasteiger charge is -2.33. The third-order valence-electron chi connectivity index (χ3n) is 5.75. The van der Waals surface area contributed by atoms with Gasteiger partial charge in [-0.25, -0.2) is 12.7 Å². The number of hydrogen-bond acceptors (Lipinski definition) is 5. The van der Waals surface area contributed by atoms with Crippen LogP contribution < -0.4 is 5.73 Å². The maximum absolute atomic E-state index is 12.8. The van der Waals surface area contributed by atoms with Crippen LogP contribution in [0.2, 0.25) is 0 Å². The molecule has 0 aliphatic carbocycles. The van der Waals surface area contributed by atoms with Crippen LogP contribution in [0, 0.1) is 0 Å². The summed E-state index contributed by atoms with van der Waals surface area (Å²) in [5.74, 6) is -0.666. The van der Waals surface area contributed by atoms with E-state index in [0.29, 0.717) is 29.9 Å². The van der Waals surface area contributed by atoms with Crippen molar-refractivity contribution in [1.82, 2.24) is 9.21 Å². The van der Waals surface area contributed by atoms with Gasteiger partial charge in [-0.3, -0.25) is 9.59 Å². The van der Waals surface area contributed by atoms with Crippen molar-refractivity contribution in [2.24, 2.45) is 5.73 Å². The molecule has 0 bridgehead atoms. The fourth-order valence-electron chi connectivity index (χ4n) is 4.17. The molecular formula is C21H23N3O4S. The molecule has 2 amide bonds. The van der Waals surface area contributed by atoms with Gasteiger partial charge in [-0.1, -0.05) is 36.4 Å². The van der Waals surface area contributed by atoms with Crippen molar-refractivity contribution in [2.75, 3.05) is 19.6 Å². The second-order valence-corrected chi connectivity index (χ2v) is 9.20. The van der Waals surface area contributed by atoms with E-state index in [1.807, 2.05) is 18.2 Å². The molecule has 8 heteroatoms. The van der Waals surface area contributed by atoms with Crippen molar-refractivity contribution in [3.63, 3.8) is 0 Å². The SMILES string of the molecule is NCc1ccccc1C1CCN(C(=O)CN2C(=O)c3ccccc3S2(=O)=O)CC1. The van der Waals surface area contributed by atoms with E-state index in [9.17, 15) is 18.0 Å². The maximum Gasteiger partial charge on any atom is 0.269 e. The normalized spacial score (nSPS) is 18.7. The fourth-order valence-corrected chi connectivity index (χ4v) is 5.69. The van der Waals surface area contributed by atoms with E-state index in [4.69, 9.17) is 5.73 Å². The molecule has 7 nitrogen and oxygen atoms in total. The summed E-state index contributed by atoms with van der Waals surface area (Å²) >= 11 is 0. The quantitative estimate of drug-likeness (QED) is 0.822. The van der Waals surface area contributed by atoms with Crippen LogP contribution >= 0.6 is 0 Å². The number of carbonyl (C=O) groups is 2. The molecular weight excluding hydrogens is 390 g/mol. The summed E-state index contributed by atoms with van der Waals surface area (Å²) in [6.45, 7) is 1.07. The molecule has 29 heavy (non-hydrogen) atoms. The Hall–Kier alpha value is -2.71. The number of nitrogens with zero attached hydrogens (tertiary/aromatic N) is 2. The topological polar surface area (TPSA) is 101 Å². The third kappa shape index (κ3) is 3.42. The molecule has 2 aromatic carbocycles. The van der Waals surface area contributed by atoms with Gasteiger partial charge < -0.3 is 10.6 Å². The number of amides is 2. The number of likely N-dealkylation sites (tertiary alicyclic amines) is 1. The van der Waals surface area contributed by atoms with E-state index in [0.717, 1.165) is 18.4 Å². The molecule has 2 aliphatic heterocycles. The molecule has 2 aliphatic rings. The number of rotatable bonds is 4. The van der Waals surface area contributed by atoms with Gasteiger partial charge in [0.2, 0.25) is 5.91 Å². The van der Waals surface area contributed by atoms with Crippen LogP contribution in [0.3, 0.4) is 0 Å². The van der Waals surface area contributed by atoms with Crippen molar-refractivity contribution < 1.29 is 18.0 Å². The van der Waals surface area contributed by atoms with Gasteiger partial charge in [0.1, 0.15) is 11.4 Å². The Morgan fingerprint density at radius 1 is 1.03 bits per heavy atom. The van der Waals surface area contributed by atoms with Gasteiger partial charge in [0.25, 0.3) is 15.9 Å². The summed E-state index contributed by atoms with van der Waals surface area (Å²) in [7, 11) is -3.97. The third-order valence-corrected chi connectivity index (χ3v) is 7.54. The Bertz CT molecular complexity index is 1060. The number of sulfonamides is 1. The predicted octanol–water partition coefficient (Wildman–Crippen LogP) is 1.70. The second-order valence-electron chi connectivity index (χ2n) is 7.37. The summed E-state index contributed by atoms with van der Waals surface area (Å²) in [4.78, 5) is 26.9. The number of piperidine rings is 1. The van der Waals surface area contributed by atoms with Crippen molar-refractivity contribution in [2.45, 2.75) is 30.2 Å².